The van der Waals surface area contributed by atoms with Gasteiger partial charge < -0.3 is 9.64 Å². The van der Waals surface area contributed by atoms with E-state index in [2.05, 4.69) is 20.0 Å². The highest BCUT2D eigenvalue weighted by atomic mass is 32.1. The topological polar surface area (TPSA) is 76.4 Å². The maximum atomic E-state index is 12.5. The van der Waals surface area contributed by atoms with E-state index in [1.807, 2.05) is 16.5 Å². The molecule has 2 fully saturated rings. The number of morpholine rings is 1. The molecule has 0 saturated carbocycles. The van der Waals surface area contributed by atoms with Crippen LogP contribution in [0.1, 0.15) is 28.5 Å². The van der Waals surface area contributed by atoms with Crippen LogP contribution in [-0.2, 0) is 18.3 Å². The Morgan fingerprint density at radius 3 is 2.84 bits per heavy atom. The maximum Gasteiger partial charge on any atom is 0.293 e. The Labute approximate surface area is 150 Å². The van der Waals surface area contributed by atoms with E-state index >= 15 is 0 Å². The summed E-state index contributed by atoms with van der Waals surface area (Å²) in [6.07, 6.45) is 5.10. The van der Waals surface area contributed by atoms with Crippen LogP contribution < -0.4 is 0 Å². The average molecular weight is 362 g/mol. The molecule has 0 aromatic carbocycles. The van der Waals surface area contributed by atoms with Gasteiger partial charge in [0.25, 0.3) is 5.91 Å². The summed E-state index contributed by atoms with van der Waals surface area (Å²) in [6.45, 7) is 4.81. The Morgan fingerprint density at radius 2 is 2.16 bits per heavy atom. The van der Waals surface area contributed by atoms with Crippen molar-refractivity contribution in [3.05, 3.63) is 28.7 Å². The van der Waals surface area contributed by atoms with Crippen LogP contribution in [0.4, 0.5) is 0 Å². The molecule has 1 spiro atoms. The Balaban J connectivity index is 1.36. The zero-order chi connectivity index (χ0) is 17.3. The van der Waals surface area contributed by atoms with E-state index in [0.29, 0.717) is 13.1 Å². The lowest BCUT2D eigenvalue weighted by molar-refractivity contribution is -0.134. The maximum absolute atomic E-state index is 12.5. The number of ether oxygens (including phenoxy) is 1. The lowest BCUT2D eigenvalue weighted by Crippen LogP contribution is -2.57. The fourth-order valence-corrected chi connectivity index (χ4v) is 4.24. The van der Waals surface area contributed by atoms with Crippen LogP contribution in [0.5, 0.6) is 0 Å². The van der Waals surface area contributed by atoms with Crippen molar-refractivity contribution in [2.45, 2.75) is 25.0 Å². The van der Waals surface area contributed by atoms with E-state index in [-0.39, 0.29) is 17.3 Å². The molecule has 2 saturated heterocycles. The van der Waals surface area contributed by atoms with E-state index in [4.69, 9.17) is 4.74 Å². The molecule has 25 heavy (non-hydrogen) atoms. The van der Waals surface area contributed by atoms with E-state index in [1.165, 1.54) is 0 Å². The number of nitrogens with zero attached hydrogens (tertiary/aromatic N) is 6. The number of hydrogen-bond acceptors (Lipinski definition) is 7. The average Bonchev–Trinajstić information content (AvgIpc) is 3.27. The second-order valence-corrected chi connectivity index (χ2v) is 7.68. The van der Waals surface area contributed by atoms with Crippen LogP contribution in [-0.4, -0.2) is 73.8 Å². The Bertz CT molecular complexity index is 723. The number of carbonyl (C=O) groups is 1. The van der Waals surface area contributed by atoms with Gasteiger partial charge in [-0.2, -0.15) is 0 Å². The number of aryl methyl sites for hydroxylation is 1. The number of thiazole rings is 1. The third-order valence-corrected chi connectivity index (χ3v) is 5.69. The lowest BCUT2D eigenvalue weighted by atomic mass is 9.89. The molecule has 8 nitrogen and oxygen atoms in total. The molecule has 4 rings (SSSR count). The molecule has 0 atom stereocenters. The minimum atomic E-state index is -0.149. The quantitative estimate of drug-likeness (QED) is 0.803. The highest BCUT2D eigenvalue weighted by molar-refractivity contribution is 7.09. The molecule has 1 amide bonds. The molecule has 134 valence electrons. The first kappa shape index (κ1) is 16.6. The summed E-state index contributed by atoms with van der Waals surface area (Å²) < 4.78 is 7.72. The SMILES string of the molecule is Cn1cnc(C(=O)N2CCC3(CC2)CN(Cc2nccs2)CCO3)n1. The predicted molar refractivity (Wildman–Crippen MR) is 92.2 cm³/mol. The molecular weight excluding hydrogens is 340 g/mol. The second-order valence-electron chi connectivity index (χ2n) is 6.70. The normalized spacial score (nSPS) is 20.9. The van der Waals surface area contributed by atoms with Crippen LogP contribution in [0.15, 0.2) is 17.9 Å². The van der Waals surface area contributed by atoms with Gasteiger partial charge in [0.1, 0.15) is 11.3 Å². The molecule has 2 aromatic heterocycles. The van der Waals surface area contributed by atoms with E-state index in [9.17, 15) is 4.79 Å². The smallest absolute Gasteiger partial charge is 0.293 e. The van der Waals surface area contributed by atoms with Crippen LogP contribution in [0.2, 0.25) is 0 Å². The Kier molecular flexibility index (Phi) is 4.53. The first-order chi connectivity index (χ1) is 12.1. The fraction of sp³-hybridized carbons (Fsp3) is 0.625. The first-order valence-electron chi connectivity index (χ1n) is 8.53. The van der Waals surface area contributed by atoms with Gasteiger partial charge in [-0.1, -0.05) is 0 Å². The van der Waals surface area contributed by atoms with Crippen molar-refractivity contribution in [2.24, 2.45) is 7.05 Å². The molecule has 4 heterocycles. The highest BCUT2D eigenvalue weighted by Crippen LogP contribution is 2.31. The molecule has 0 N–H and O–H groups in total. The number of hydrogen-bond donors (Lipinski definition) is 0. The van der Waals surface area contributed by atoms with Gasteiger partial charge in [-0.05, 0) is 12.8 Å². The minimum absolute atomic E-state index is 0.0918. The van der Waals surface area contributed by atoms with E-state index in [0.717, 1.165) is 44.1 Å². The lowest BCUT2D eigenvalue weighted by Gasteiger charge is -2.47. The van der Waals surface area contributed by atoms with Gasteiger partial charge in [0.15, 0.2) is 0 Å². The van der Waals surface area contributed by atoms with Crippen molar-refractivity contribution in [3.63, 3.8) is 0 Å². The number of aromatic nitrogens is 4. The molecule has 0 radical (unpaired) electrons. The van der Waals surface area contributed by atoms with Gasteiger partial charge in [-0.3, -0.25) is 14.4 Å². The second kappa shape index (κ2) is 6.81. The molecule has 2 aromatic rings. The molecule has 0 unspecified atom stereocenters. The van der Waals surface area contributed by atoms with E-state index < -0.39 is 0 Å². The van der Waals surface area contributed by atoms with Crippen molar-refractivity contribution >= 4 is 17.2 Å². The van der Waals surface area contributed by atoms with Crippen LogP contribution in [0.3, 0.4) is 0 Å². The van der Waals surface area contributed by atoms with Crippen molar-refractivity contribution in [2.75, 3.05) is 32.8 Å². The molecule has 2 aliphatic heterocycles. The Hall–Kier alpha value is -1.84. The van der Waals surface area contributed by atoms with Gasteiger partial charge in [0.05, 0.1) is 18.8 Å². The number of amides is 1. The van der Waals surface area contributed by atoms with Crippen molar-refractivity contribution in [1.82, 2.24) is 29.5 Å². The summed E-state index contributed by atoms with van der Waals surface area (Å²) in [5.41, 5.74) is -0.149. The number of likely N-dealkylation sites (tertiary alicyclic amines) is 1. The van der Waals surface area contributed by atoms with Crippen molar-refractivity contribution < 1.29 is 9.53 Å². The van der Waals surface area contributed by atoms with Gasteiger partial charge in [0, 0.05) is 44.8 Å². The molecular formula is C16H22N6O2S. The third kappa shape index (κ3) is 3.58. The monoisotopic (exact) mass is 362 g/mol. The summed E-state index contributed by atoms with van der Waals surface area (Å²) in [5.74, 6) is 0.180. The third-order valence-electron chi connectivity index (χ3n) is 4.92. The van der Waals surface area contributed by atoms with Gasteiger partial charge >= 0.3 is 0 Å². The fourth-order valence-electron chi connectivity index (χ4n) is 3.58. The summed E-state index contributed by atoms with van der Waals surface area (Å²) in [6, 6.07) is 0. The van der Waals surface area contributed by atoms with Crippen molar-refractivity contribution in [1.29, 1.82) is 0 Å². The molecule has 0 aliphatic carbocycles. The minimum Gasteiger partial charge on any atom is -0.372 e. The van der Waals surface area contributed by atoms with Crippen molar-refractivity contribution in [3.8, 4) is 0 Å². The Morgan fingerprint density at radius 1 is 1.32 bits per heavy atom. The molecule has 2 aliphatic rings. The summed E-state index contributed by atoms with van der Waals surface area (Å²) in [7, 11) is 1.77. The van der Waals surface area contributed by atoms with Crippen LogP contribution >= 0.6 is 11.3 Å². The molecule has 0 bridgehead atoms. The number of carbonyl (C=O) groups excluding carboxylic acids is 1. The number of piperidine rings is 1. The largest absolute Gasteiger partial charge is 0.372 e. The highest BCUT2D eigenvalue weighted by Gasteiger charge is 2.41. The van der Waals surface area contributed by atoms with Gasteiger partial charge in [-0.15, -0.1) is 16.4 Å². The molecule has 9 heteroatoms. The summed E-state index contributed by atoms with van der Waals surface area (Å²) in [5, 5.41) is 7.27. The zero-order valence-electron chi connectivity index (χ0n) is 14.3. The van der Waals surface area contributed by atoms with E-state index in [1.54, 1.807) is 29.4 Å². The van der Waals surface area contributed by atoms with Gasteiger partial charge in [-0.25, -0.2) is 9.97 Å². The number of rotatable bonds is 3. The van der Waals surface area contributed by atoms with Crippen LogP contribution in [0, 0.1) is 0 Å². The summed E-state index contributed by atoms with van der Waals surface area (Å²) in [4.78, 5) is 25.2. The predicted octanol–water partition coefficient (Wildman–Crippen LogP) is 0.779. The zero-order valence-corrected chi connectivity index (χ0v) is 15.1. The standard InChI is InChI=1S/C16H22N6O2S/c1-20-12-18-14(19-20)15(23)22-5-2-16(3-6-22)11-21(7-8-24-16)10-13-17-4-9-25-13/h4,9,12H,2-3,5-8,10-11H2,1H3. The first-order valence-corrected chi connectivity index (χ1v) is 9.41. The van der Waals surface area contributed by atoms with Gasteiger partial charge in [0.2, 0.25) is 5.82 Å². The van der Waals surface area contributed by atoms with Crippen LogP contribution in [0.25, 0.3) is 0 Å². The summed E-state index contributed by atoms with van der Waals surface area (Å²) >= 11 is 1.69.